The first kappa shape index (κ1) is 26.6. The summed E-state index contributed by atoms with van der Waals surface area (Å²) in [6.07, 6.45) is 8.92. The van der Waals surface area contributed by atoms with Gasteiger partial charge >= 0.3 is 0 Å². The zero-order valence-electron chi connectivity index (χ0n) is 25.9. The van der Waals surface area contributed by atoms with Crippen LogP contribution in [0, 0.1) is 52.8 Å². The molecule has 7 aliphatic rings. The Morgan fingerprint density at radius 1 is 0.500 bits per heavy atom. The minimum absolute atomic E-state index is 0.401. The fraction of sp³-hybridized carbons (Fsp3) is 0.333. The summed E-state index contributed by atoms with van der Waals surface area (Å²) in [6, 6.07) is 38.0. The van der Waals surface area contributed by atoms with Crippen molar-refractivity contribution in [3.05, 3.63) is 114 Å². The van der Waals surface area contributed by atoms with Gasteiger partial charge in [-0.05, 0) is 109 Å². The number of nitriles is 1. The zero-order chi connectivity index (χ0) is 30.4. The molecule has 0 saturated heterocycles. The number of aromatic nitrogens is 3. The summed E-state index contributed by atoms with van der Waals surface area (Å²) in [4.78, 5) is 15.0. The van der Waals surface area contributed by atoms with Crippen molar-refractivity contribution >= 4 is 0 Å². The van der Waals surface area contributed by atoms with Crippen LogP contribution in [-0.4, -0.2) is 15.0 Å². The number of benzene rings is 4. The third-order valence-corrected chi connectivity index (χ3v) is 12.9. The van der Waals surface area contributed by atoms with Gasteiger partial charge in [0.15, 0.2) is 17.5 Å². The molecule has 0 aliphatic heterocycles. The molecular formula is C42H36N4. The van der Waals surface area contributed by atoms with E-state index < -0.39 is 0 Å². The molecule has 7 aliphatic carbocycles. The van der Waals surface area contributed by atoms with E-state index in [1.807, 2.05) is 42.5 Å². The Morgan fingerprint density at radius 3 is 1.54 bits per heavy atom. The predicted octanol–water partition coefficient (Wildman–Crippen LogP) is 9.37. The number of nitrogens with zero attached hydrogens (tertiary/aromatic N) is 4. The molecule has 7 fully saturated rings. The number of hydrogen-bond acceptors (Lipinski definition) is 4. The lowest BCUT2D eigenvalue weighted by Gasteiger charge is -2.74. The molecule has 0 radical (unpaired) electrons. The summed E-state index contributed by atoms with van der Waals surface area (Å²) in [6.45, 7) is 0. The zero-order valence-corrected chi connectivity index (χ0v) is 25.9. The molecule has 4 atom stereocenters. The first-order valence-corrected chi connectivity index (χ1v) is 17.2. The molecule has 4 heteroatoms. The van der Waals surface area contributed by atoms with Crippen molar-refractivity contribution in [2.75, 3.05) is 0 Å². The molecule has 0 amide bonds. The van der Waals surface area contributed by atoms with Gasteiger partial charge in [0.1, 0.15) is 0 Å². The molecule has 1 aromatic heterocycles. The molecule has 0 spiro atoms. The SMILES string of the molecule is N#Cc1ccc(-c2ccc(-c3nc(-c4ccccc4)nc(-c4ccc(C56CC7CC8C9CC(CC85)CC6C9C7)cc4)n3)cc2)cc1. The van der Waals surface area contributed by atoms with E-state index in [1.54, 1.807) is 5.56 Å². The van der Waals surface area contributed by atoms with Gasteiger partial charge in [0, 0.05) is 22.1 Å². The van der Waals surface area contributed by atoms with E-state index >= 15 is 0 Å². The molecule has 4 nitrogen and oxygen atoms in total. The van der Waals surface area contributed by atoms with Gasteiger partial charge in [-0.15, -0.1) is 0 Å². The van der Waals surface area contributed by atoms with Crippen LogP contribution in [-0.2, 0) is 5.41 Å². The molecule has 224 valence electrons. The lowest BCUT2D eigenvalue weighted by Crippen LogP contribution is -2.69. The van der Waals surface area contributed by atoms with E-state index in [1.165, 1.54) is 38.5 Å². The smallest absolute Gasteiger partial charge is 0.164 e. The van der Waals surface area contributed by atoms with Crippen molar-refractivity contribution in [1.82, 2.24) is 15.0 Å². The molecule has 0 N–H and O–H groups in total. The van der Waals surface area contributed by atoms with Crippen LogP contribution >= 0.6 is 0 Å². The van der Waals surface area contributed by atoms with Crippen molar-refractivity contribution in [3.8, 4) is 51.4 Å². The maximum absolute atomic E-state index is 9.16. The first-order chi connectivity index (χ1) is 22.7. The van der Waals surface area contributed by atoms with Crippen molar-refractivity contribution in [1.29, 1.82) is 5.26 Å². The quantitative estimate of drug-likeness (QED) is 0.203. The van der Waals surface area contributed by atoms with Crippen LogP contribution in [0.25, 0.3) is 45.3 Å². The van der Waals surface area contributed by atoms with E-state index in [0.717, 1.165) is 75.1 Å². The summed E-state index contributed by atoms with van der Waals surface area (Å²) >= 11 is 0. The van der Waals surface area contributed by atoms with Crippen molar-refractivity contribution in [2.24, 2.45) is 41.4 Å². The van der Waals surface area contributed by atoms with Crippen LogP contribution in [0.4, 0.5) is 0 Å². The molecule has 7 saturated carbocycles. The lowest BCUT2D eigenvalue weighted by atomic mass is 9.30. The number of rotatable bonds is 5. The molecule has 4 aromatic carbocycles. The Hall–Kier alpha value is -4.62. The highest BCUT2D eigenvalue weighted by atomic mass is 15.0. The van der Waals surface area contributed by atoms with E-state index in [2.05, 4.69) is 66.7 Å². The largest absolute Gasteiger partial charge is 0.208 e. The highest BCUT2D eigenvalue weighted by molar-refractivity contribution is 5.71. The third-order valence-electron chi connectivity index (χ3n) is 12.9. The monoisotopic (exact) mass is 596 g/mol. The molecule has 46 heavy (non-hydrogen) atoms. The summed E-state index contributed by atoms with van der Waals surface area (Å²) in [5, 5.41) is 9.16. The Balaban J connectivity index is 1.02. The van der Waals surface area contributed by atoms with Gasteiger partial charge in [-0.3, -0.25) is 0 Å². The van der Waals surface area contributed by atoms with Crippen LogP contribution in [0.5, 0.6) is 0 Å². The van der Waals surface area contributed by atoms with Crippen molar-refractivity contribution in [3.63, 3.8) is 0 Å². The topological polar surface area (TPSA) is 62.5 Å². The molecule has 5 aromatic rings. The standard InChI is InChI=1S/C42H36N4/c43-24-25-6-8-28(9-7-25)29-10-12-31(13-11-29)40-44-39(30-4-2-1-3-5-30)45-41(46-40)32-14-16-33(17-15-32)42-23-27-19-35-34-18-26(21-37(35)42)22-38(42)36(34)20-27/h1-17,26-27,34-38H,18-23H2. The van der Waals surface area contributed by atoms with Gasteiger partial charge in [-0.25, -0.2) is 15.0 Å². The highest BCUT2D eigenvalue weighted by Gasteiger charge is 2.70. The fourth-order valence-electron chi connectivity index (χ4n) is 11.3. The molecule has 12 rings (SSSR count). The van der Waals surface area contributed by atoms with Crippen LogP contribution < -0.4 is 0 Å². The second-order valence-electron chi connectivity index (χ2n) is 14.9. The normalized spacial score (nSPS) is 31.2. The number of hydrogen-bond donors (Lipinski definition) is 0. The lowest BCUT2D eigenvalue weighted by molar-refractivity contribution is -0.220. The van der Waals surface area contributed by atoms with Crippen LogP contribution in [0.3, 0.4) is 0 Å². The Bertz CT molecular complexity index is 1970. The summed E-state index contributed by atoms with van der Waals surface area (Å²) < 4.78 is 0. The predicted molar refractivity (Wildman–Crippen MR) is 180 cm³/mol. The maximum Gasteiger partial charge on any atom is 0.164 e. The second kappa shape index (κ2) is 9.94. The maximum atomic E-state index is 9.16. The molecule has 4 unspecified atom stereocenters. The van der Waals surface area contributed by atoms with Gasteiger partial charge in [-0.2, -0.15) is 5.26 Å². The third kappa shape index (κ3) is 3.87. The van der Waals surface area contributed by atoms with Crippen molar-refractivity contribution < 1.29 is 0 Å². The van der Waals surface area contributed by atoms with Gasteiger partial charge < -0.3 is 0 Å². The van der Waals surface area contributed by atoms with Gasteiger partial charge in [0.2, 0.25) is 0 Å². The van der Waals surface area contributed by atoms with Crippen LogP contribution in [0.15, 0.2) is 103 Å². The van der Waals surface area contributed by atoms with Gasteiger partial charge in [0.25, 0.3) is 0 Å². The minimum atomic E-state index is 0.401. The average Bonchev–Trinajstić information content (AvgIpc) is 3.14. The Labute approximate surface area is 270 Å². The summed E-state index contributed by atoms with van der Waals surface area (Å²) in [5.74, 6) is 8.81. The van der Waals surface area contributed by atoms with E-state index in [0.29, 0.717) is 22.6 Å². The Kier molecular flexibility index (Phi) is 5.74. The Morgan fingerprint density at radius 2 is 0.978 bits per heavy atom. The molecule has 1 heterocycles. The minimum Gasteiger partial charge on any atom is -0.208 e. The average molecular weight is 597 g/mol. The summed E-state index contributed by atoms with van der Waals surface area (Å²) in [7, 11) is 0. The fourth-order valence-corrected chi connectivity index (χ4v) is 11.3. The van der Waals surface area contributed by atoms with Gasteiger partial charge in [-0.1, -0.05) is 91.0 Å². The van der Waals surface area contributed by atoms with Crippen molar-refractivity contribution in [2.45, 2.75) is 43.9 Å². The van der Waals surface area contributed by atoms with E-state index in [4.69, 9.17) is 20.2 Å². The second-order valence-corrected chi connectivity index (χ2v) is 14.9. The first-order valence-electron chi connectivity index (χ1n) is 17.2. The van der Waals surface area contributed by atoms with Crippen LogP contribution in [0.2, 0.25) is 0 Å². The van der Waals surface area contributed by atoms with E-state index in [9.17, 15) is 0 Å². The molecule has 8 bridgehead atoms. The molecular weight excluding hydrogens is 560 g/mol. The highest BCUT2D eigenvalue weighted by Crippen LogP contribution is 2.76. The van der Waals surface area contributed by atoms with Gasteiger partial charge in [0.05, 0.1) is 11.6 Å². The van der Waals surface area contributed by atoms with Crippen LogP contribution in [0.1, 0.15) is 49.7 Å². The summed E-state index contributed by atoms with van der Waals surface area (Å²) in [5.41, 5.74) is 7.82. The van der Waals surface area contributed by atoms with E-state index in [-0.39, 0.29) is 0 Å².